The Morgan fingerprint density at radius 3 is 2.45 bits per heavy atom. The Morgan fingerprint density at radius 2 is 1.91 bits per heavy atom. The predicted octanol–water partition coefficient (Wildman–Crippen LogP) is -0.0757. The summed E-state index contributed by atoms with van der Waals surface area (Å²) in [6.07, 6.45) is 0. The Morgan fingerprint density at radius 1 is 1.27 bits per heavy atom. The van der Waals surface area contributed by atoms with Gasteiger partial charge in [0.25, 0.3) is 0 Å². The summed E-state index contributed by atoms with van der Waals surface area (Å²) in [5.74, 6) is 11.7. The van der Waals surface area contributed by atoms with E-state index in [1.54, 1.807) is 0 Å². The first kappa shape index (κ1) is 9.02. The first-order valence-corrected chi connectivity index (χ1v) is 2.81. The minimum Gasteiger partial charge on any atom is -0.285 e. The van der Waals surface area contributed by atoms with Crippen LogP contribution < -0.4 is 5.32 Å². The quantitative estimate of drug-likeness (QED) is 0.287. The van der Waals surface area contributed by atoms with Crippen molar-refractivity contribution in [3.63, 3.8) is 0 Å². The summed E-state index contributed by atoms with van der Waals surface area (Å²) in [4.78, 5) is 10.2. The zero-order valence-electron chi connectivity index (χ0n) is 6.12. The first-order valence-electron chi connectivity index (χ1n) is 2.81. The maximum Gasteiger partial charge on any atom is 0.228 e. The van der Waals surface area contributed by atoms with Gasteiger partial charge in [-0.1, -0.05) is 0 Å². The molecule has 0 saturated carbocycles. The fraction of sp³-hybridized carbons (Fsp3) is 0.111. The molecule has 0 fully saturated rings. The second kappa shape index (κ2) is 6.14. The van der Waals surface area contributed by atoms with Gasteiger partial charge in [0, 0.05) is 18.9 Å². The summed E-state index contributed by atoms with van der Waals surface area (Å²) in [7, 11) is 0. The molecule has 2 nitrogen and oxygen atoms in total. The van der Waals surface area contributed by atoms with E-state index in [0.29, 0.717) is 0 Å². The Bertz CT molecular complexity index is 309. The van der Waals surface area contributed by atoms with Crippen molar-refractivity contribution in [2.45, 2.75) is 6.92 Å². The third-order valence-corrected chi connectivity index (χ3v) is 0.577. The average Bonchev–Trinajstić information content (AvgIpc) is 1.96. The third-order valence-electron chi connectivity index (χ3n) is 0.577. The number of nitrogens with one attached hydrogen (secondary N) is 1. The van der Waals surface area contributed by atoms with Crippen molar-refractivity contribution in [2.75, 3.05) is 0 Å². The lowest BCUT2D eigenvalue weighted by atomic mass is 10.5. The first-order chi connectivity index (χ1) is 5.27. The van der Waals surface area contributed by atoms with Gasteiger partial charge in [-0.25, -0.2) is 5.92 Å². The van der Waals surface area contributed by atoms with Gasteiger partial charge in [-0.3, -0.25) is 16.0 Å². The molecule has 0 heterocycles. The molecule has 0 atom stereocenters. The molecule has 0 aromatic carbocycles. The molecular weight excluding hydrogens is 138 g/mol. The van der Waals surface area contributed by atoms with Crippen molar-refractivity contribution in [1.82, 2.24) is 5.32 Å². The summed E-state index contributed by atoms with van der Waals surface area (Å²) in [5, 5.41) is 2.26. The number of rotatable bonds is 0. The van der Waals surface area contributed by atoms with Crippen LogP contribution in [0.1, 0.15) is 6.92 Å². The fourth-order valence-corrected chi connectivity index (χ4v) is 0.257. The van der Waals surface area contributed by atoms with E-state index >= 15 is 0 Å². The van der Waals surface area contributed by atoms with E-state index in [0.717, 1.165) is 0 Å². The molecule has 0 spiro atoms. The summed E-state index contributed by atoms with van der Waals surface area (Å²) in [5.41, 5.74) is 0. The van der Waals surface area contributed by atoms with Crippen molar-refractivity contribution in [1.29, 1.82) is 0 Å². The number of hydrogen-bond acceptors (Lipinski definition) is 1. The summed E-state index contributed by atoms with van der Waals surface area (Å²) >= 11 is 0. The van der Waals surface area contributed by atoms with Crippen LogP contribution in [0, 0.1) is 42.6 Å². The van der Waals surface area contributed by atoms with Crippen molar-refractivity contribution in [3.05, 3.63) is 6.92 Å². The van der Waals surface area contributed by atoms with Crippen LogP contribution in [0.15, 0.2) is 0 Å². The second-order valence-electron chi connectivity index (χ2n) is 1.48. The van der Waals surface area contributed by atoms with Crippen molar-refractivity contribution in [2.24, 2.45) is 0 Å². The number of carbonyl (C=O) groups is 1. The monoisotopic (exact) mass is 144 g/mol. The lowest BCUT2D eigenvalue weighted by molar-refractivity contribution is -0.117. The van der Waals surface area contributed by atoms with Gasteiger partial charge in [-0.2, -0.15) is 6.92 Å². The largest absolute Gasteiger partial charge is 0.285 e. The Labute approximate surface area is 66.4 Å². The van der Waals surface area contributed by atoms with Crippen LogP contribution in [0.3, 0.4) is 0 Å². The highest BCUT2D eigenvalue weighted by Gasteiger charge is 1.78. The molecule has 0 radical (unpaired) electrons. The van der Waals surface area contributed by atoms with E-state index in [2.05, 4.69) is 47.9 Å². The molecule has 0 aliphatic carbocycles. The van der Waals surface area contributed by atoms with E-state index < -0.39 is 0 Å². The van der Waals surface area contributed by atoms with Gasteiger partial charge in [0.1, 0.15) is 0 Å². The van der Waals surface area contributed by atoms with Gasteiger partial charge in [-0.05, 0) is 5.92 Å². The zero-order chi connectivity index (χ0) is 8.53. The Kier molecular flexibility index (Phi) is 5.04. The van der Waals surface area contributed by atoms with Crippen LogP contribution in [0.4, 0.5) is 0 Å². The number of amides is 1. The van der Waals surface area contributed by atoms with Gasteiger partial charge < -0.3 is 0 Å². The molecule has 0 aliphatic heterocycles. The highest BCUT2D eigenvalue weighted by Crippen LogP contribution is 1.55. The van der Waals surface area contributed by atoms with Gasteiger partial charge >= 0.3 is 0 Å². The van der Waals surface area contributed by atoms with Crippen LogP contribution in [0.25, 0.3) is 0 Å². The normalized spacial score (nSPS) is 5.18. The topological polar surface area (TPSA) is 29.1 Å². The number of carbonyl (C=O) groups excluding carboxylic acids is 1. The fourth-order valence-electron chi connectivity index (χ4n) is 0.257. The second-order valence-corrected chi connectivity index (χ2v) is 1.48. The van der Waals surface area contributed by atoms with Crippen LogP contribution >= 0.6 is 0 Å². The minimum atomic E-state index is -0.206. The molecule has 2 heteroatoms. The molecule has 0 aromatic rings. The SMILES string of the molecule is [CH2-]C#CC#CC#CNC(C)=O. The molecule has 1 amide bonds. The lowest BCUT2D eigenvalue weighted by Crippen LogP contribution is -2.11. The van der Waals surface area contributed by atoms with E-state index in [1.807, 2.05) is 0 Å². The van der Waals surface area contributed by atoms with Gasteiger partial charge in [0.2, 0.25) is 5.91 Å². The Balaban J connectivity index is 3.81. The van der Waals surface area contributed by atoms with Crippen LogP contribution in [0.2, 0.25) is 0 Å². The molecule has 0 aromatic heterocycles. The average molecular weight is 144 g/mol. The zero-order valence-corrected chi connectivity index (χ0v) is 6.12. The lowest BCUT2D eigenvalue weighted by Gasteiger charge is -1.80. The Hall–Kier alpha value is -1.98. The molecule has 0 aliphatic rings. The maximum atomic E-state index is 10.2. The summed E-state index contributed by atoms with van der Waals surface area (Å²) < 4.78 is 0. The van der Waals surface area contributed by atoms with E-state index in [9.17, 15) is 4.79 Å². The molecule has 0 unspecified atom stereocenters. The van der Waals surface area contributed by atoms with Crippen molar-refractivity contribution in [3.8, 4) is 35.6 Å². The maximum absolute atomic E-state index is 10.2. The smallest absolute Gasteiger partial charge is 0.228 e. The highest BCUT2D eigenvalue weighted by atomic mass is 16.1. The van der Waals surface area contributed by atoms with Crippen LogP contribution in [-0.2, 0) is 4.79 Å². The minimum absolute atomic E-state index is 0.206. The highest BCUT2D eigenvalue weighted by molar-refractivity contribution is 5.74. The standard InChI is InChI=1S/C9H6NO/c1-3-4-5-6-7-8-10-9(2)11/h1H2,2H3,(H,10,11)/q-1. The molecule has 1 N–H and O–H groups in total. The number of hydrogen-bond donors (Lipinski definition) is 1. The molecule has 11 heavy (non-hydrogen) atoms. The molecular formula is C9H6NO-. The van der Waals surface area contributed by atoms with E-state index in [-0.39, 0.29) is 5.91 Å². The van der Waals surface area contributed by atoms with Gasteiger partial charge in [0.15, 0.2) is 0 Å². The predicted molar refractivity (Wildman–Crippen MR) is 42.5 cm³/mol. The van der Waals surface area contributed by atoms with Crippen molar-refractivity contribution < 1.29 is 4.79 Å². The van der Waals surface area contributed by atoms with Crippen molar-refractivity contribution >= 4 is 5.91 Å². The molecule has 54 valence electrons. The van der Waals surface area contributed by atoms with Gasteiger partial charge in [-0.15, -0.1) is 5.92 Å². The van der Waals surface area contributed by atoms with E-state index in [1.165, 1.54) is 6.92 Å². The van der Waals surface area contributed by atoms with Crippen LogP contribution in [-0.4, -0.2) is 5.91 Å². The molecule has 0 bridgehead atoms. The van der Waals surface area contributed by atoms with Crippen LogP contribution in [0.5, 0.6) is 0 Å². The third kappa shape index (κ3) is 8.02. The summed E-state index contributed by atoms with van der Waals surface area (Å²) in [6, 6.07) is 2.33. The molecule has 0 saturated heterocycles. The van der Waals surface area contributed by atoms with Gasteiger partial charge in [0.05, 0.1) is 0 Å². The summed E-state index contributed by atoms with van der Waals surface area (Å²) in [6.45, 7) is 4.62. The van der Waals surface area contributed by atoms with E-state index in [4.69, 9.17) is 0 Å². The molecule has 0 rings (SSSR count).